The molecule has 1 aromatic rings. The van der Waals surface area contributed by atoms with E-state index in [1.54, 1.807) is 0 Å². The van der Waals surface area contributed by atoms with Gasteiger partial charge in [0.25, 0.3) is 0 Å². The van der Waals surface area contributed by atoms with E-state index in [-0.39, 0.29) is 0 Å². The highest BCUT2D eigenvalue weighted by Crippen LogP contribution is 2.46. The minimum atomic E-state index is 0.486. The van der Waals surface area contributed by atoms with E-state index in [1.165, 1.54) is 42.6 Å². The highest BCUT2D eigenvalue weighted by Gasteiger charge is 2.36. The maximum Gasteiger partial charge on any atom is 0.126 e. The lowest BCUT2D eigenvalue weighted by Gasteiger charge is -2.23. The quantitative estimate of drug-likeness (QED) is 0.606. The average molecular weight is 188 g/mol. The Morgan fingerprint density at radius 3 is 3.00 bits per heavy atom. The third kappa shape index (κ3) is 1.08. The number of rotatable bonds is 0. The Labute approximate surface area is 85.1 Å². The summed E-state index contributed by atoms with van der Waals surface area (Å²) >= 11 is 0. The van der Waals surface area contributed by atoms with E-state index in [1.807, 2.05) is 0 Å². The van der Waals surface area contributed by atoms with Gasteiger partial charge in [0.05, 0.1) is 0 Å². The summed E-state index contributed by atoms with van der Waals surface area (Å²) in [6.45, 7) is 2.15. The summed E-state index contributed by atoms with van der Waals surface area (Å²) in [5, 5.41) is 0. The Kier molecular flexibility index (Phi) is 1.79. The summed E-state index contributed by atoms with van der Waals surface area (Å²) in [5.41, 5.74) is 2.77. The summed E-state index contributed by atoms with van der Waals surface area (Å²) in [6.07, 6.45) is 5.77. The molecule has 1 heterocycles. The van der Waals surface area contributed by atoms with Crippen LogP contribution in [0.3, 0.4) is 0 Å². The van der Waals surface area contributed by atoms with Gasteiger partial charge < -0.3 is 4.74 Å². The van der Waals surface area contributed by atoms with E-state index in [4.69, 9.17) is 4.74 Å². The van der Waals surface area contributed by atoms with Crippen LogP contribution in [0.15, 0.2) is 18.2 Å². The first-order valence-corrected chi connectivity index (χ1v) is 5.62. The number of para-hydroxylation sites is 1. The predicted octanol–water partition coefficient (Wildman–Crippen LogP) is 3.41. The van der Waals surface area contributed by atoms with Gasteiger partial charge in [0.15, 0.2) is 0 Å². The van der Waals surface area contributed by atoms with E-state index >= 15 is 0 Å². The molecule has 1 aliphatic heterocycles. The Hall–Kier alpha value is -0.980. The molecule has 0 N–H and O–H groups in total. The topological polar surface area (TPSA) is 9.23 Å². The predicted molar refractivity (Wildman–Crippen MR) is 56.8 cm³/mol. The fraction of sp³-hybridized carbons (Fsp3) is 0.538. The lowest BCUT2D eigenvalue weighted by Crippen LogP contribution is -2.22. The summed E-state index contributed by atoms with van der Waals surface area (Å²) in [5.74, 6) is 1.88. The third-order valence-corrected chi connectivity index (χ3v) is 3.61. The van der Waals surface area contributed by atoms with Gasteiger partial charge in [0, 0.05) is 11.5 Å². The van der Waals surface area contributed by atoms with Crippen LogP contribution < -0.4 is 4.74 Å². The van der Waals surface area contributed by atoms with Gasteiger partial charge in [-0.15, -0.1) is 0 Å². The standard InChI is InChI=1S/C13H16O/c1-9-5-4-7-11-10-6-2-3-8-12(10)14-13(9)11/h4-5,7,10,12H,2-3,6,8H2,1H3. The first-order chi connectivity index (χ1) is 6.86. The molecular weight excluding hydrogens is 172 g/mol. The van der Waals surface area contributed by atoms with Crippen molar-refractivity contribution in [2.75, 3.05) is 0 Å². The summed E-state index contributed by atoms with van der Waals surface area (Å²) in [6, 6.07) is 6.56. The van der Waals surface area contributed by atoms with Crippen LogP contribution in [0.1, 0.15) is 42.7 Å². The Morgan fingerprint density at radius 1 is 1.21 bits per heavy atom. The van der Waals surface area contributed by atoms with Crippen molar-refractivity contribution in [3.63, 3.8) is 0 Å². The van der Waals surface area contributed by atoms with Crippen molar-refractivity contribution in [2.24, 2.45) is 0 Å². The lowest BCUT2D eigenvalue weighted by molar-refractivity contribution is 0.163. The smallest absolute Gasteiger partial charge is 0.126 e. The van der Waals surface area contributed by atoms with Gasteiger partial charge in [-0.3, -0.25) is 0 Å². The first-order valence-electron chi connectivity index (χ1n) is 5.62. The molecule has 0 bridgehead atoms. The molecule has 1 nitrogen and oxygen atoms in total. The molecule has 14 heavy (non-hydrogen) atoms. The van der Waals surface area contributed by atoms with Crippen LogP contribution in [0.5, 0.6) is 5.75 Å². The zero-order valence-corrected chi connectivity index (χ0v) is 8.62. The molecule has 2 unspecified atom stereocenters. The Balaban J connectivity index is 2.05. The third-order valence-electron chi connectivity index (χ3n) is 3.61. The second-order valence-corrected chi connectivity index (χ2v) is 4.54. The summed E-state index contributed by atoms with van der Waals surface area (Å²) in [7, 11) is 0. The Bertz CT molecular complexity index is 356. The molecule has 74 valence electrons. The monoisotopic (exact) mass is 188 g/mol. The van der Waals surface area contributed by atoms with Crippen molar-refractivity contribution in [3.05, 3.63) is 29.3 Å². The van der Waals surface area contributed by atoms with Crippen molar-refractivity contribution < 1.29 is 4.74 Å². The van der Waals surface area contributed by atoms with Crippen molar-refractivity contribution in [1.29, 1.82) is 0 Å². The van der Waals surface area contributed by atoms with E-state index in [2.05, 4.69) is 25.1 Å². The summed E-state index contributed by atoms with van der Waals surface area (Å²) < 4.78 is 6.04. The molecule has 2 atom stereocenters. The molecule has 0 aromatic heterocycles. The number of benzene rings is 1. The second-order valence-electron chi connectivity index (χ2n) is 4.54. The molecule has 3 rings (SSSR count). The number of hydrogen-bond donors (Lipinski definition) is 0. The van der Waals surface area contributed by atoms with Gasteiger partial charge in [-0.2, -0.15) is 0 Å². The van der Waals surface area contributed by atoms with E-state index in [0.29, 0.717) is 12.0 Å². The van der Waals surface area contributed by atoms with Crippen molar-refractivity contribution in [1.82, 2.24) is 0 Å². The number of ether oxygens (including phenoxy) is 1. The minimum absolute atomic E-state index is 0.486. The highest BCUT2D eigenvalue weighted by atomic mass is 16.5. The molecule has 1 fully saturated rings. The van der Waals surface area contributed by atoms with Gasteiger partial charge in [-0.25, -0.2) is 0 Å². The molecule has 0 amide bonds. The zero-order chi connectivity index (χ0) is 9.54. The Morgan fingerprint density at radius 2 is 2.07 bits per heavy atom. The average Bonchev–Trinajstić information content (AvgIpc) is 2.59. The molecule has 1 heteroatoms. The number of hydrogen-bond acceptors (Lipinski definition) is 1. The van der Waals surface area contributed by atoms with Gasteiger partial charge in [-0.1, -0.05) is 24.6 Å². The van der Waals surface area contributed by atoms with Gasteiger partial charge in [0.1, 0.15) is 11.9 Å². The van der Waals surface area contributed by atoms with Crippen LogP contribution in [-0.4, -0.2) is 6.10 Å². The highest BCUT2D eigenvalue weighted by molar-refractivity contribution is 5.46. The molecule has 0 radical (unpaired) electrons. The molecule has 1 saturated carbocycles. The van der Waals surface area contributed by atoms with Gasteiger partial charge in [0.2, 0.25) is 0 Å². The maximum absolute atomic E-state index is 6.04. The zero-order valence-electron chi connectivity index (χ0n) is 8.62. The molecular formula is C13H16O. The van der Waals surface area contributed by atoms with Crippen LogP contribution in [0.2, 0.25) is 0 Å². The number of aryl methyl sites for hydroxylation is 1. The number of fused-ring (bicyclic) bond motifs is 3. The van der Waals surface area contributed by atoms with E-state index in [0.717, 1.165) is 0 Å². The fourth-order valence-electron chi connectivity index (χ4n) is 2.87. The summed E-state index contributed by atoms with van der Waals surface area (Å²) in [4.78, 5) is 0. The SMILES string of the molecule is Cc1cccc2c1OC1CCCCC21. The lowest BCUT2D eigenvalue weighted by atomic mass is 9.83. The maximum atomic E-state index is 6.04. The molecule has 0 spiro atoms. The molecule has 1 aromatic carbocycles. The molecule has 1 aliphatic carbocycles. The fourth-order valence-corrected chi connectivity index (χ4v) is 2.87. The second kappa shape index (κ2) is 3.01. The van der Waals surface area contributed by atoms with Crippen molar-refractivity contribution >= 4 is 0 Å². The van der Waals surface area contributed by atoms with Gasteiger partial charge >= 0.3 is 0 Å². The van der Waals surface area contributed by atoms with Crippen LogP contribution in [0.4, 0.5) is 0 Å². The largest absolute Gasteiger partial charge is 0.489 e. The van der Waals surface area contributed by atoms with Crippen LogP contribution >= 0.6 is 0 Å². The van der Waals surface area contributed by atoms with Crippen LogP contribution in [-0.2, 0) is 0 Å². The van der Waals surface area contributed by atoms with Crippen molar-refractivity contribution in [2.45, 2.75) is 44.6 Å². The molecule has 0 saturated heterocycles. The van der Waals surface area contributed by atoms with Gasteiger partial charge in [-0.05, 0) is 31.7 Å². The molecule has 2 aliphatic rings. The normalized spacial score (nSPS) is 29.2. The van der Waals surface area contributed by atoms with E-state index in [9.17, 15) is 0 Å². The van der Waals surface area contributed by atoms with Crippen LogP contribution in [0, 0.1) is 6.92 Å². The minimum Gasteiger partial charge on any atom is -0.489 e. The first kappa shape index (κ1) is 8.34. The van der Waals surface area contributed by atoms with Crippen molar-refractivity contribution in [3.8, 4) is 5.75 Å². The van der Waals surface area contributed by atoms with Crippen LogP contribution in [0.25, 0.3) is 0 Å². The van der Waals surface area contributed by atoms with E-state index < -0.39 is 0 Å².